The fourth-order valence-corrected chi connectivity index (χ4v) is 3.11. The van der Waals surface area contributed by atoms with Crippen molar-refractivity contribution in [2.24, 2.45) is 0 Å². The molecule has 1 aliphatic heterocycles. The molecule has 1 heterocycles. The summed E-state index contributed by atoms with van der Waals surface area (Å²) in [6, 6.07) is 1.91. The van der Waals surface area contributed by atoms with Crippen molar-refractivity contribution in [2.45, 2.75) is 58.5 Å². The molecule has 0 fully saturated rings. The van der Waals surface area contributed by atoms with Crippen LogP contribution in [0.25, 0.3) is 0 Å². The SMILES string of the molecule is CCCCC(O)c1cc2c(c(C)c1Cl)NC(=O)C2CC. The quantitative estimate of drug-likeness (QED) is 0.850. The first-order valence-corrected chi connectivity index (χ1v) is 7.70. The monoisotopic (exact) mass is 295 g/mol. The van der Waals surface area contributed by atoms with Crippen LogP contribution in [0, 0.1) is 6.92 Å². The summed E-state index contributed by atoms with van der Waals surface area (Å²) in [6.45, 7) is 5.99. The molecule has 0 spiro atoms. The van der Waals surface area contributed by atoms with Crippen LogP contribution in [-0.2, 0) is 4.79 Å². The van der Waals surface area contributed by atoms with Gasteiger partial charge in [0, 0.05) is 5.69 Å². The van der Waals surface area contributed by atoms with Crippen LogP contribution in [0.5, 0.6) is 0 Å². The normalized spacial score (nSPS) is 18.9. The van der Waals surface area contributed by atoms with Gasteiger partial charge in [-0.05, 0) is 42.5 Å². The van der Waals surface area contributed by atoms with Crippen LogP contribution >= 0.6 is 11.6 Å². The smallest absolute Gasteiger partial charge is 0.232 e. The molecule has 1 aromatic rings. The molecule has 1 amide bonds. The van der Waals surface area contributed by atoms with E-state index in [1.165, 1.54) is 0 Å². The van der Waals surface area contributed by atoms with E-state index in [0.29, 0.717) is 11.4 Å². The van der Waals surface area contributed by atoms with Crippen molar-refractivity contribution in [3.8, 4) is 0 Å². The standard InChI is InChI=1S/C16H22ClNO2/c1-4-6-7-13(19)12-8-11-10(5-2)16(20)18-15(11)9(3)14(12)17/h8,10,13,19H,4-7H2,1-3H3,(H,18,20). The first kappa shape index (κ1) is 15.3. The summed E-state index contributed by atoms with van der Waals surface area (Å²) in [4.78, 5) is 12.0. The number of rotatable bonds is 5. The zero-order valence-corrected chi connectivity index (χ0v) is 13.0. The number of unbranched alkanes of at least 4 members (excludes halogenated alkanes) is 1. The van der Waals surface area contributed by atoms with Crippen LogP contribution < -0.4 is 5.32 Å². The molecular formula is C16H22ClNO2. The first-order chi connectivity index (χ1) is 9.51. The average molecular weight is 296 g/mol. The molecule has 2 unspecified atom stereocenters. The van der Waals surface area contributed by atoms with Crippen LogP contribution in [0.3, 0.4) is 0 Å². The van der Waals surface area contributed by atoms with Gasteiger partial charge >= 0.3 is 0 Å². The number of benzene rings is 1. The highest BCUT2D eigenvalue weighted by Crippen LogP contribution is 2.43. The number of carbonyl (C=O) groups excluding carboxylic acids is 1. The first-order valence-electron chi connectivity index (χ1n) is 7.33. The highest BCUT2D eigenvalue weighted by atomic mass is 35.5. The lowest BCUT2D eigenvalue weighted by Crippen LogP contribution is -2.10. The van der Waals surface area contributed by atoms with Crippen molar-refractivity contribution in [1.29, 1.82) is 0 Å². The fourth-order valence-electron chi connectivity index (χ4n) is 2.84. The number of hydrogen-bond acceptors (Lipinski definition) is 2. The van der Waals surface area contributed by atoms with Crippen molar-refractivity contribution in [3.05, 3.63) is 27.8 Å². The van der Waals surface area contributed by atoms with Crippen molar-refractivity contribution in [3.63, 3.8) is 0 Å². The van der Waals surface area contributed by atoms with Crippen LogP contribution in [0.1, 0.15) is 68.2 Å². The molecule has 2 atom stereocenters. The van der Waals surface area contributed by atoms with Gasteiger partial charge < -0.3 is 10.4 Å². The second-order valence-electron chi connectivity index (χ2n) is 5.48. The Morgan fingerprint density at radius 3 is 2.75 bits per heavy atom. The Balaban J connectivity index is 2.44. The summed E-state index contributed by atoms with van der Waals surface area (Å²) in [5.41, 5.74) is 3.42. The van der Waals surface area contributed by atoms with E-state index in [-0.39, 0.29) is 11.8 Å². The lowest BCUT2D eigenvalue weighted by molar-refractivity contribution is -0.117. The minimum Gasteiger partial charge on any atom is -0.388 e. The molecule has 0 aliphatic carbocycles. The molecule has 0 bridgehead atoms. The molecule has 20 heavy (non-hydrogen) atoms. The molecule has 110 valence electrons. The van der Waals surface area contributed by atoms with Gasteiger partial charge in [-0.3, -0.25) is 4.79 Å². The molecule has 1 aromatic carbocycles. The Hall–Kier alpha value is -1.06. The highest BCUT2D eigenvalue weighted by molar-refractivity contribution is 6.33. The van der Waals surface area contributed by atoms with Crippen LogP contribution in [0.2, 0.25) is 5.02 Å². The number of hydrogen-bond donors (Lipinski definition) is 2. The van der Waals surface area contributed by atoms with Crippen molar-refractivity contribution in [2.75, 3.05) is 5.32 Å². The number of nitrogens with one attached hydrogen (secondary N) is 1. The highest BCUT2D eigenvalue weighted by Gasteiger charge is 2.32. The Morgan fingerprint density at radius 1 is 1.45 bits per heavy atom. The molecule has 2 N–H and O–H groups in total. The summed E-state index contributed by atoms with van der Waals surface area (Å²) in [5, 5.41) is 13.8. The van der Waals surface area contributed by atoms with E-state index in [0.717, 1.165) is 41.6 Å². The molecule has 3 nitrogen and oxygen atoms in total. The van der Waals surface area contributed by atoms with Crippen LogP contribution in [-0.4, -0.2) is 11.0 Å². The second kappa shape index (κ2) is 6.15. The largest absolute Gasteiger partial charge is 0.388 e. The molecule has 0 aromatic heterocycles. The van der Waals surface area contributed by atoms with Gasteiger partial charge in [0.2, 0.25) is 5.91 Å². The molecular weight excluding hydrogens is 274 g/mol. The van der Waals surface area contributed by atoms with Crippen LogP contribution in [0.15, 0.2) is 6.07 Å². The van der Waals surface area contributed by atoms with E-state index in [2.05, 4.69) is 12.2 Å². The maximum absolute atomic E-state index is 12.0. The van der Waals surface area contributed by atoms with Gasteiger partial charge in [0.05, 0.1) is 17.0 Å². The summed E-state index contributed by atoms with van der Waals surface area (Å²) >= 11 is 6.38. The molecule has 4 heteroatoms. The predicted octanol–water partition coefficient (Wildman–Crippen LogP) is 4.32. The van der Waals surface area contributed by atoms with Crippen molar-refractivity contribution in [1.82, 2.24) is 0 Å². The topological polar surface area (TPSA) is 49.3 Å². The van der Waals surface area contributed by atoms with E-state index in [1.807, 2.05) is 19.9 Å². The minimum absolute atomic E-state index is 0.0295. The fraction of sp³-hybridized carbons (Fsp3) is 0.562. The van der Waals surface area contributed by atoms with Crippen molar-refractivity contribution < 1.29 is 9.90 Å². The Morgan fingerprint density at radius 2 is 2.15 bits per heavy atom. The Bertz CT molecular complexity index is 528. The van der Waals surface area contributed by atoms with Crippen molar-refractivity contribution >= 4 is 23.2 Å². The molecule has 0 saturated carbocycles. The molecule has 2 rings (SSSR count). The van der Waals surface area contributed by atoms with Gasteiger partial charge in [0.1, 0.15) is 0 Å². The van der Waals surface area contributed by atoms with Gasteiger partial charge in [-0.25, -0.2) is 0 Å². The lowest BCUT2D eigenvalue weighted by Gasteiger charge is -2.17. The zero-order chi connectivity index (χ0) is 14.9. The van der Waals surface area contributed by atoms with Gasteiger partial charge in [-0.2, -0.15) is 0 Å². The number of aliphatic hydroxyl groups excluding tert-OH is 1. The lowest BCUT2D eigenvalue weighted by atomic mass is 9.92. The third-order valence-corrected chi connectivity index (χ3v) is 4.60. The number of halogens is 1. The van der Waals surface area contributed by atoms with E-state index in [4.69, 9.17) is 11.6 Å². The number of anilines is 1. The van der Waals surface area contributed by atoms with Gasteiger partial charge in [0.25, 0.3) is 0 Å². The Labute approximate surface area is 125 Å². The summed E-state index contributed by atoms with van der Waals surface area (Å²) in [7, 11) is 0. The maximum atomic E-state index is 12.0. The molecule has 0 radical (unpaired) electrons. The summed E-state index contributed by atoms with van der Waals surface area (Å²) in [5.74, 6) is -0.0973. The third-order valence-electron chi connectivity index (χ3n) is 4.10. The van der Waals surface area contributed by atoms with E-state index >= 15 is 0 Å². The minimum atomic E-state index is -0.556. The number of aliphatic hydroxyl groups is 1. The summed E-state index contributed by atoms with van der Waals surface area (Å²) in [6.07, 6.45) is 2.90. The molecule has 0 saturated heterocycles. The van der Waals surface area contributed by atoms with Gasteiger partial charge in [0.15, 0.2) is 0 Å². The number of carbonyl (C=O) groups is 1. The second-order valence-corrected chi connectivity index (χ2v) is 5.86. The third kappa shape index (κ3) is 2.57. The number of amides is 1. The zero-order valence-electron chi connectivity index (χ0n) is 12.3. The average Bonchev–Trinajstić information content (AvgIpc) is 2.75. The van der Waals surface area contributed by atoms with E-state index in [1.54, 1.807) is 0 Å². The van der Waals surface area contributed by atoms with E-state index < -0.39 is 6.10 Å². The summed E-state index contributed by atoms with van der Waals surface area (Å²) < 4.78 is 0. The van der Waals surface area contributed by atoms with Gasteiger partial charge in [-0.15, -0.1) is 0 Å². The Kier molecular flexibility index (Phi) is 4.71. The molecule has 1 aliphatic rings. The van der Waals surface area contributed by atoms with Gasteiger partial charge in [-0.1, -0.05) is 38.3 Å². The number of fused-ring (bicyclic) bond motifs is 1. The van der Waals surface area contributed by atoms with E-state index in [9.17, 15) is 9.90 Å². The maximum Gasteiger partial charge on any atom is 0.232 e. The predicted molar refractivity (Wildman–Crippen MR) is 82.3 cm³/mol. The van der Waals surface area contributed by atoms with Crippen LogP contribution in [0.4, 0.5) is 5.69 Å².